The molecule has 0 saturated heterocycles. The summed E-state index contributed by atoms with van der Waals surface area (Å²) in [5.74, 6) is 0. The number of benzene rings is 7. The second-order valence-corrected chi connectivity index (χ2v) is 12.5. The number of hydrogen-bond donors (Lipinski definition) is 2. The van der Waals surface area contributed by atoms with Crippen LogP contribution < -0.4 is 11.5 Å². The Balaban J connectivity index is 1.56. The van der Waals surface area contributed by atoms with Gasteiger partial charge in [-0.2, -0.15) is 0 Å². The highest BCUT2D eigenvalue weighted by Gasteiger charge is 2.55. The van der Waals surface area contributed by atoms with Crippen molar-refractivity contribution in [3.63, 3.8) is 0 Å². The average molecular weight is 589 g/mol. The molecular formula is C44H32N2. The molecule has 0 amide bonds. The summed E-state index contributed by atoms with van der Waals surface area (Å²) in [6.45, 7) is 0. The largest absolute Gasteiger partial charge is 0.399 e. The first-order valence-electron chi connectivity index (χ1n) is 15.9. The van der Waals surface area contributed by atoms with Crippen LogP contribution in [-0.4, -0.2) is 0 Å². The van der Waals surface area contributed by atoms with Gasteiger partial charge in [-0.05, 0) is 91.0 Å². The SMILES string of the molecule is Nc1ccc2c(c1)C(c1ccccc1)(c1ccccc1)c1c-2ccc2c1C(c1ccccc1)(c1ccccc1)c1cc(N)ccc1-2. The monoisotopic (exact) mass is 588 g/mol. The van der Waals surface area contributed by atoms with Crippen LogP contribution in [0.25, 0.3) is 22.3 Å². The first-order valence-corrected chi connectivity index (χ1v) is 15.9. The zero-order chi connectivity index (χ0) is 30.9. The van der Waals surface area contributed by atoms with Crippen molar-refractivity contribution in [3.8, 4) is 22.3 Å². The third-order valence-corrected chi connectivity index (χ3v) is 10.3. The Hall–Kier alpha value is -5.86. The van der Waals surface area contributed by atoms with Gasteiger partial charge in [0.25, 0.3) is 0 Å². The number of nitrogens with two attached hydrogens (primary N) is 2. The third kappa shape index (κ3) is 3.36. The van der Waals surface area contributed by atoms with Gasteiger partial charge in [0.15, 0.2) is 0 Å². The van der Waals surface area contributed by atoms with Crippen LogP contribution >= 0.6 is 0 Å². The van der Waals surface area contributed by atoms with E-state index in [-0.39, 0.29) is 0 Å². The Kier molecular flexibility index (Phi) is 5.67. The zero-order valence-corrected chi connectivity index (χ0v) is 25.3. The molecule has 46 heavy (non-hydrogen) atoms. The minimum absolute atomic E-state index is 0.629. The van der Waals surface area contributed by atoms with Gasteiger partial charge >= 0.3 is 0 Å². The van der Waals surface area contributed by atoms with Gasteiger partial charge in [0.05, 0.1) is 10.8 Å². The molecule has 4 N–H and O–H groups in total. The summed E-state index contributed by atoms with van der Waals surface area (Å²) in [6, 6.07) is 61.5. The van der Waals surface area contributed by atoms with Crippen LogP contribution in [0.1, 0.15) is 44.5 Å². The van der Waals surface area contributed by atoms with Gasteiger partial charge in [-0.15, -0.1) is 0 Å². The standard InChI is InChI=1S/C44H32N2/c45-33-21-23-35-37-25-26-38-36-24-22-34(46)28-40(36)44(31-17-9-3-10-18-31,32-19-11-4-12-20-32)42(38)41(37)43(39(35)27-33,29-13-5-1-6-14-29)30-15-7-2-8-16-30/h1-28H,45-46H2. The van der Waals surface area contributed by atoms with E-state index in [4.69, 9.17) is 11.5 Å². The normalized spacial score (nSPS) is 14.6. The van der Waals surface area contributed by atoms with Gasteiger partial charge in [0.1, 0.15) is 0 Å². The average Bonchev–Trinajstić information content (AvgIpc) is 3.57. The number of nitrogen functional groups attached to an aromatic ring is 2. The minimum Gasteiger partial charge on any atom is -0.399 e. The van der Waals surface area contributed by atoms with E-state index in [1.165, 1.54) is 66.8 Å². The van der Waals surface area contributed by atoms with Gasteiger partial charge in [-0.3, -0.25) is 0 Å². The quantitative estimate of drug-likeness (QED) is 0.201. The van der Waals surface area contributed by atoms with E-state index in [0.29, 0.717) is 0 Å². The molecule has 2 nitrogen and oxygen atoms in total. The molecule has 2 aliphatic rings. The topological polar surface area (TPSA) is 52.0 Å². The molecule has 0 aliphatic heterocycles. The molecule has 0 radical (unpaired) electrons. The second-order valence-electron chi connectivity index (χ2n) is 12.5. The van der Waals surface area contributed by atoms with E-state index < -0.39 is 10.8 Å². The van der Waals surface area contributed by atoms with E-state index in [0.717, 1.165) is 11.4 Å². The molecular weight excluding hydrogens is 556 g/mol. The van der Waals surface area contributed by atoms with Crippen molar-refractivity contribution in [2.45, 2.75) is 10.8 Å². The maximum Gasteiger partial charge on any atom is 0.0717 e. The molecule has 0 unspecified atom stereocenters. The Bertz CT molecular complexity index is 2010. The summed E-state index contributed by atoms with van der Waals surface area (Å²) in [4.78, 5) is 0. The Labute approximate surface area is 269 Å². The predicted octanol–water partition coefficient (Wildman–Crippen LogP) is 9.58. The highest BCUT2D eigenvalue weighted by atomic mass is 14.6. The van der Waals surface area contributed by atoms with Crippen molar-refractivity contribution in [1.29, 1.82) is 0 Å². The molecule has 0 aromatic heterocycles. The van der Waals surface area contributed by atoms with Crippen LogP contribution in [0.5, 0.6) is 0 Å². The van der Waals surface area contributed by atoms with Crippen LogP contribution in [-0.2, 0) is 10.8 Å². The van der Waals surface area contributed by atoms with E-state index in [2.05, 4.69) is 158 Å². The Morgan fingerprint density at radius 3 is 0.891 bits per heavy atom. The zero-order valence-electron chi connectivity index (χ0n) is 25.3. The molecule has 0 fully saturated rings. The maximum absolute atomic E-state index is 6.66. The number of fused-ring (bicyclic) bond motifs is 7. The summed E-state index contributed by atoms with van der Waals surface area (Å²) < 4.78 is 0. The minimum atomic E-state index is -0.629. The third-order valence-electron chi connectivity index (χ3n) is 10.3. The summed E-state index contributed by atoms with van der Waals surface area (Å²) >= 11 is 0. The van der Waals surface area contributed by atoms with Crippen LogP contribution in [0, 0.1) is 0 Å². The van der Waals surface area contributed by atoms with E-state index in [1.54, 1.807) is 0 Å². The maximum atomic E-state index is 6.66. The number of anilines is 2. The predicted molar refractivity (Wildman–Crippen MR) is 190 cm³/mol. The second kappa shape index (κ2) is 9.82. The van der Waals surface area contributed by atoms with Gasteiger partial charge in [0, 0.05) is 11.4 Å². The van der Waals surface area contributed by atoms with E-state index in [9.17, 15) is 0 Å². The smallest absolute Gasteiger partial charge is 0.0717 e. The fourth-order valence-electron chi connectivity index (χ4n) is 8.60. The van der Waals surface area contributed by atoms with Gasteiger partial charge in [-0.25, -0.2) is 0 Å². The first-order chi connectivity index (χ1) is 22.6. The lowest BCUT2D eigenvalue weighted by Crippen LogP contribution is -2.35. The van der Waals surface area contributed by atoms with E-state index in [1.807, 2.05) is 12.1 Å². The molecule has 0 spiro atoms. The van der Waals surface area contributed by atoms with Crippen LogP contribution in [0.15, 0.2) is 170 Å². The fraction of sp³-hybridized carbons (Fsp3) is 0.0455. The lowest BCUT2D eigenvalue weighted by atomic mass is 9.60. The molecule has 2 aliphatic carbocycles. The van der Waals surface area contributed by atoms with Crippen LogP contribution in [0.4, 0.5) is 11.4 Å². The number of hydrogen-bond acceptors (Lipinski definition) is 2. The fourth-order valence-corrected chi connectivity index (χ4v) is 8.60. The Morgan fingerprint density at radius 2 is 0.587 bits per heavy atom. The molecule has 9 rings (SSSR count). The van der Waals surface area contributed by atoms with Gasteiger partial charge in [0.2, 0.25) is 0 Å². The van der Waals surface area contributed by atoms with E-state index >= 15 is 0 Å². The van der Waals surface area contributed by atoms with Crippen molar-refractivity contribution < 1.29 is 0 Å². The molecule has 218 valence electrons. The molecule has 7 aromatic carbocycles. The summed E-state index contributed by atoms with van der Waals surface area (Å²) in [5.41, 5.74) is 28.3. The summed E-state index contributed by atoms with van der Waals surface area (Å²) in [7, 11) is 0. The molecule has 7 aromatic rings. The lowest BCUT2D eigenvalue weighted by molar-refractivity contribution is 0.705. The summed E-state index contributed by atoms with van der Waals surface area (Å²) in [5, 5.41) is 0. The van der Waals surface area contributed by atoms with Gasteiger partial charge < -0.3 is 11.5 Å². The van der Waals surface area contributed by atoms with Crippen molar-refractivity contribution >= 4 is 11.4 Å². The first kappa shape index (κ1) is 26.5. The molecule has 0 saturated carbocycles. The van der Waals surface area contributed by atoms with Crippen molar-refractivity contribution in [3.05, 3.63) is 214 Å². The highest BCUT2D eigenvalue weighted by molar-refractivity contribution is 5.97. The molecule has 2 heteroatoms. The molecule has 0 heterocycles. The van der Waals surface area contributed by atoms with Crippen molar-refractivity contribution in [1.82, 2.24) is 0 Å². The highest BCUT2D eigenvalue weighted by Crippen LogP contribution is 2.65. The van der Waals surface area contributed by atoms with Crippen LogP contribution in [0.3, 0.4) is 0 Å². The number of rotatable bonds is 4. The lowest BCUT2D eigenvalue weighted by Gasteiger charge is -2.40. The molecule has 0 bridgehead atoms. The van der Waals surface area contributed by atoms with Crippen molar-refractivity contribution in [2.75, 3.05) is 11.5 Å². The van der Waals surface area contributed by atoms with Crippen molar-refractivity contribution in [2.24, 2.45) is 0 Å². The van der Waals surface area contributed by atoms with Crippen LogP contribution in [0.2, 0.25) is 0 Å². The summed E-state index contributed by atoms with van der Waals surface area (Å²) in [6.07, 6.45) is 0. The molecule has 0 atom stereocenters. The Morgan fingerprint density at radius 1 is 0.304 bits per heavy atom. The van der Waals surface area contributed by atoms with Gasteiger partial charge in [-0.1, -0.05) is 146 Å².